The maximum atomic E-state index is 6.12. The lowest BCUT2D eigenvalue weighted by molar-refractivity contribution is -0.0911. The average molecular weight is 279 g/mol. The molecule has 1 unspecified atom stereocenters. The van der Waals surface area contributed by atoms with Gasteiger partial charge in [-0.2, -0.15) is 5.10 Å². The Balaban J connectivity index is 1.78. The number of hydrazone groups is 1. The Hall–Kier alpha value is -2.36. The summed E-state index contributed by atoms with van der Waals surface area (Å²) in [7, 11) is 0. The summed E-state index contributed by atoms with van der Waals surface area (Å²) in [6.45, 7) is 4.12. The van der Waals surface area contributed by atoms with Gasteiger partial charge in [0.2, 0.25) is 0 Å². The van der Waals surface area contributed by atoms with E-state index in [-0.39, 0.29) is 6.04 Å². The largest absolute Gasteiger partial charge is 0.467 e. The summed E-state index contributed by atoms with van der Waals surface area (Å²) in [6, 6.07) is 12.5. The van der Waals surface area contributed by atoms with Crippen LogP contribution in [-0.2, 0) is 0 Å². The van der Waals surface area contributed by atoms with E-state index in [9.17, 15) is 0 Å². The molecule has 0 saturated carbocycles. The molecule has 0 fully saturated rings. The molecule has 0 bridgehead atoms. The number of rotatable bonds is 1. The van der Waals surface area contributed by atoms with Gasteiger partial charge in [-0.3, -0.25) is 4.98 Å². The molecule has 21 heavy (non-hydrogen) atoms. The van der Waals surface area contributed by atoms with Crippen LogP contribution in [0.2, 0.25) is 0 Å². The summed E-state index contributed by atoms with van der Waals surface area (Å²) in [5.74, 6) is 0.964. The fourth-order valence-electron chi connectivity index (χ4n) is 3.12. The molecule has 2 aliphatic heterocycles. The van der Waals surface area contributed by atoms with Gasteiger partial charge >= 0.3 is 0 Å². The highest BCUT2D eigenvalue weighted by atomic mass is 16.5. The van der Waals surface area contributed by atoms with E-state index < -0.39 is 5.72 Å². The fourth-order valence-corrected chi connectivity index (χ4v) is 3.12. The predicted octanol–water partition coefficient (Wildman–Crippen LogP) is 3.36. The van der Waals surface area contributed by atoms with Crippen molar-refractivity contribution in [3.05, 3.63) is 59.9 Å². The minimum absolute atomic E-state index is 0.236. The van der Waals surface area contributed by atoms with Gasteiger partial charge in [0, 0.05) is 29.9 Å². The van der Waals surface area contributed by atoms with Crippen LogP contribution in [0, 0.1) is 0 Å². The summed E-state index contributed by atoms with van der Waals surface area (Å²) in [5, 5.41) is 6.90. The van der Waals surface area contributed by atoms with Crippen LogP contribution in [-0.4, -0.2) is 21.4 Å². The first kappa shape index (κ1) is 12.4. The third kappa shape index (κ3) is 1.90. The molecule has 3 heterocycles. The Morgan fingerprint density at radius 3 is 2.86 bits per heavy atom. The second-order valence-electron chi connectivity index (χ2n) is 5.94. The highest BCUT2D eigenvalue weighted by Crippen LogP contribution is 2.46. The van der Waals surface area contributed by atoms with Crippen molar-refractivity contribution < 1.29 is 4.74 Å². The van der Waals surface area contributed by atoms with Crippen LogP contribution in [0.3, 0.4) is 0 Å². The number of hydrogen-bond donors (Lipinski definition) is 0. The minimum atomic E-state index is -0.441. The number of aromatic nitrogens is 1. The summed E-state index contributed by atoms with van der Waals surface area (Å²) in [4.78, 5) is 4.20. The summed E-state index contributed by atoms with van der Waals surface area (Å²) < 4.78 is 6.12. The lowest BCUT2D eigenvalue weighted by atomic mass is 9.96. The Kier molecular flexibility index (Phi) is 2.55. The Bertz CT molecular complexity index is 709. The lowest BCUT2D eigenvalue weighted by Gasteiger charge is -2.43. The van der Waals surface area contributed by atoms with Crippen LogP contribution in [0.25, 0.3) is 0 Å². The Labute approximate surface area is 124 Å². The highest BCUT2D eigenvalue weighted by molar-refractivity contribution is 6.01. The number of para-hydroxylation sites is 1. The van der Waals surface area contributed by atoms with Gasteiger partial charge in [-0.25, -0.2) is 5.01 Å². The van der Waals surface area contributed by atoms with Crippen molar-refractivity contribution in [2.24, 2.45) is 5.10 Å². The van der Waals surface area contributed by atoms with E-state index in [0.717, 1.165) is 23.4 Å². The molecule has 1 aromatic carbocycles. The third-order valence-electron chi connectivity index (χ3n) is 4.09. The third-order valence-corrected chi connectivity index (χ3v) is 4.09. The van der Waals surface area contributed by atoms with Gasteiger partial charge in [0.05, 0.1) is 11.8 Å². The van der Waals surface area contributed by atoms with Crippen LogP contribution in [0.1, 0.15) is 37.4 Å². The zero-order valence-electron chi connectivity index (χ0n) is 12.2. The number of hydrogen-bond acceptors (Lipinski definition) is 4. The zero-order chi connectivity index (χ0) is 14.4. The average Bonchev–Trinajstić information content (AvgIpc) is 2.94. The molecule has 2 aromatic rings. The first-order chi connectivity index (χ1) is 10.1. The van der Waals surface area contributed by atoms with Crippen LogP contribution >= 0.6 is 0 Å². The zero-order valence-corrected chi connectivity index (χ0v) is 12.2. The van der Waals surface area contributed by atoms with Gasteiger partial charge < -0.3 is 4.74 Å². The lowest BCUT2D eigenvalue weighted by Crippen LogP contribution is -2.48. The maximum Gasteiger partial charge on any atom is 0.192 e. The number of benzene rings is 1. The Morgan fingerprint density at radius 1 is 1.19 bits per heavy atom. The van der Waals surface area contributed by atoms with Crippen molar-refractivity contribution in [2.45, 2.75) is 32.0 Å². The van der Waals surface area contributed by atoms with Crippen molar-refractivity contribution in [3.8, 4) is 5.75 Å². The molecule has 4 heteroatoms. The van der Waals surface area contributed by atoms with Gasteiger partial charge in [0.1, 0.15) is 5.75 Å². The molecule has 0 saturated heterocycles. The van der Waals surface area contributed by atoms with E-state index in [4.69, 9.17) is 9.84 Å². The molecule has 0 N–H and O–H groups in total. The van der Waals surface area contributed by atoms with E-state index in [1.54, 1.807) is 6.20 Å². The van der Waals surface area contributed by atoms with Crippen molar-refractivity contribution >= 4 is 5.71 Å². The number of ether oxygens (including phenoxy) is 1. The van der Waals surface area contributed by atoms with Gasteiger partial charge in [-0.05, 0) is 26.0 Å². The number of nitrogens with zero attached hydrogens (tertiary/aromatic N) is 3. The molecule has 0 radical (unpaired) electrons. The molecule has 106 valence electrons. The van der Waals surface area contributed by atoms with Crippen molar-refractivity contribution in [2.75, 3.05) is 0 Å². The van der Waals surface area contributed by atoms with E-state index in [1.165, 1.54) is 5.56 Å². The van der Waals surface area contributed by atoms with Gasteiger partial charge in [0.15, 0.2) is 5.72 Å². The van der Waals surface area contributed by atoms with Crippen LogP contribution in [0.5, 0.6) is 5.75 Å². The highest BCUT2D eigenvalue weighted by Gasteiger charge is 2.44. The summed E-state index contributed by atoms with van der Waals surface area (Å²) in [5.41, 5.74) is 2.92. The molecular formula is C17H17N3O. The molecular weight excluding hydrogens is 262 g/mol. The monoisotopic (exact) mass is 279 g/mol. The Morgan fingerprint density at radius 2 is 2.05 bits per heavy atom. The second kappa shape index (κ2) is 4.32. The molecule has 2 aliphatic rings. The SMILES string of the molecule is CC1(C)Oc2ccccc2C2CC(c3cccnc3)=NN21. The predicted molar refractivity (Wildman–Crippen MR) is 81.1 cm³/mol. The van der Waals surface area contributed by atoms with E-state index in [1.807, 2.05) is 24.4 Å². The molecule has 0 aliphatic carbocycles. The minimum Gasteiger partial charge on any atom is -0.467 e. The van der Waals surface area contributed by atoms with Crippen LogP contribution < -0.4 is 4.74 Å². The van der Waals surface area contributed by atoms with E-state index in [0.29, 0.717) is 0 Å². The topological polar surface area (TPSA) is 37.7 Å². The standard InChI is InChI=1S/C17H17N3O/c1-17(2)20-15(13-7-3-4-8-16(13)21-17)10-14(19-20)12-6-5-9-18-11-12/h3-9,11,15H,10H2,1-2H3. The molecule has 1 atom stereocenters. The number of pyridine rings is 1. The molecule has 4 rings (SSSR count). The normalized spacial score (nSPS) is 22.1. The van der Waals surface area contributed by atoms with E-state index in [2.05, 4.69) is 42.0 Å². The van der Waals surface area contributed by atoms with Crippen molar-refractivity contribution in [1.29, 1.82) is 0 Å². The van der Waals surface area contributed by atoms with Crippen LogP contribution in [0.4, 0.5) is 0 Å². The van der Waals surface area contributed by atoms with E-state index >= 15 is 0 Å². The summed E-state index contributed by atoms with van der Waals surface area (Å²) >= 11 is 0. The molecule has 0 amide bonds. The van der Waals surface area contributed by atoms with Gasteiger partial charge in [0.25, 0.3) is 0 Å². The van der Waals surface area contributed by atoms with Crippen molar-refractivity contribution in [3.63, 3.8) is 0 Å². The van der Waals surface area contributed by atoms with Gasteiger partial charge in [-0.1, -0.05) is 24.3 Å². The molecule has 4 nitrogen and oxygen atoms in total. The quantitative estimate of drug-likeness (QED) is 0.803. The fraction of sp³-hybridized carbons (Fsp3) is 0.294. The maximum absolute atomic E-state index is 6.12. The van der Waals surface area contributed by atoms with Crippen LogP contribution in [0.15, 0.2) is 53.9 Å². The molecule has 1 aromatic heterocycles. The summed E-state index contributed by atoms with van der Waals surface area (Å²) in [6.07, 6.45) is 4.54. The first-order valence-corrected chi connectivity index (χ1v) is 7.20. The smallest absolute Gasteiger partial charge is 0.192 e. The number of fused-ring (bicyclic) bond motifs is 3. The first-order valence-electron chi connectivity index (χ1n) is 7.20. The second-order valence-corrected chi connectivity index (χ2v) is 5.94. The van der Waals surface area contributed by atoms with Gasteiger partial charge in [-0.15, -0.1) is 0 Å². The molecule has 0 spiro atoms. The van der Waals surface area contributed by atoms with Crippen molar-refractivity contribution in [1.82, 2.24) is 9.99 Å².